The second kappa shape index (κ2) is 5.39. The summed E-state index contributed by atoms with van der Waals surface area (Å²) in [4.78, 5) is 4.35. The second-order valence-electron chi connectivity index (χ2n) is 4.66. The summed E-state index contributed by atoms with van der Waals surface area (Å²) in [5.74, 6) is -0.201. The molecule has 2 nitrogen and oxygen atoms in total. The Balaban J connectivity index is 2.20. The molecule has 0 spiro atoms. The van der Waals surface area contributed by atoms with Gasteiger partial charge in [0.05, 0.1) is 11.6 Å². The van der Waals surface area contributed by atoms with Crippen molar-refractivity contribution in [3.05, 3.63) is 77.7 Å². The Hall–Kier alpha value is -2.26. The van der Waals surface area contributed by atoms with Gasteiger partial charge in [-0.15, -0.1) is 0 Å². The lowest BCUT2D eigenvalue weighted by molar-refractivity contribution is 0.577. The highest BCUT2D eigenvalue weighted by molar-refractivity contribution is 5.82. The third kappa shape index (κ3) is 2.17. The van der Waals surface area contributed by atoms with Crippen LogP contribution in [0.3, 0.4) is 0 Å². The molecule has 1 unspecified atom stereocenters. The van der Waals surface area contributed by atoms with Crippen LogP contribution in [0.25, 0.3) is 10.9 Å². The molecule has 3 aromatic rings. The van der Waals surface area contributed by atoms with Gasteiger partial charge in [-0.05, 0) is 30.8 Å². The molecule has 0 saturated carbocycles. The zero-order chi connectivity index (χ0) is 13.9. The van der Waals surface area contributed by atoms with Crippen molar-refractivity contribution in [3.8, 4) is 0 Å². The number of rotatable bonds is 3. The Morgan fingerprint density at radius 3 is 2.50 bits per heavy atom. The van der Waals surface area contributed by atoms with E-state index in [1.807, 2.05) is 49.5 Å². The quantitative estimate of drug-likeness (QED) is 0.782. The average molecular weight is 266 g/mol. The van der Waals surface area contributed by atoms with Gasteiger partial charge in [-0.3, -0.25) is 4.98 Å². The Morgan fingerprint density at radius 2 is 1.70 bits per heavy atom. The van der Waals surface area contributed by atoms with Gasteiger partial charge in [0.1, 0.15) is 5.82 Å². The number of halogens is 1. The smallest absolute Gasteiger partial charge is 0.128 e. The molecule has 0 fully saturated rings. The molecule has 1 heterocycles. The van der Waals surface area contributed by atoms with Gasteiger partial charge in [-0.25, -0.2) is 4.39 Å². The lowest BCUT2D eigenvalue weighted by Gasteiger charge is -2.19. The monoisotopic (exact) mass is 266 g/mol. The summed E-state index contributed by atoms with van der Waals surface area (Å²) in [6.45, 7) is 0. The van der Waals surface area contributed by atoms with Crippen molar-refractivity contribution in [3.63, 3.8) is 0 Å². The van der Waals surface area contributed by atoms with E-state index in [-0.39, 0.29) is 11.9 Å². The fourth-order valence-corrected chi connectivity index (χ4v) is 2.56. The molecule has 2 aromatic carbocycles. The topological polar surface area (TPSA) is 24.9 Å². The van der Waals surface area contributed by atoms with E-state index in [1.54, 1.807) is 12.3 Å². The summed E-state index contributed by atoms with van der Waals surface area (Å²) in [6.07, 6.45) is 1.77. The first-order valence-electron chi connectivity index (χ1n) is 6.56. The van der Waals surface area contributed by atoms with Crippen LogP contribution in [0.5, 0.6) is 0 Å². The van der Waals surface area contributed by atoms with Crippen LogP contribution in [0.2, 0.25) is 0 Å². The van der Waals surface area contributed by atoms with Crippen LogP contribution in [-0.4, -0.2) is 12.0 Å². The molecule has 0 amide bonds. The first kappa shape index (κ1) is 12.8. The van der Waals surface area contributed by atoms with Crippen LogP contribution in [-0.2, 0) is 0 Å². The summed E-state index contributed by atoms with van der Waals surface area (Å²) in [6, 6.07) is 16.5. The van der Waals surface area contributed by atoms with Crippen molar-refractivity contribution in [1.29, 1.82) is 0 Å². The number of hydrogen-bond donors (Lipinski definition) is 1. The predicted molar refractivity (Wildman–Crippen MR) is 79.0 cm³/mol. The van der Waals surface area contributed by atoms with E-state index >= 15 is 0 Å². The first-order chi connectivity index (χ1) is 9.81. The fourth-order valence-electron chi connectivity index (χ4n) is 2.56. The number of nitrogens with zero attached hydrogens (tertiary/aromatic N) is 1. The average Bonchev–Trinajstić information content (AvgIpc) is 2.50. The van der Waals surface area contributed by atoms with Crippen LogP contribution >= 0.6 is 0 Å². The molecular weight excluding hydrogens is 251 g/mol. The zero-order valence-electron chi connectivity index (χ0n) is 11.2. The van der Waals surface area contributed by atoms with E-state index in [1.165, 1.54) is 6.07 Å². The van der Waals surface area contributed by atoms with E-state index in [9.17, 15) is 4.39 Å². The number of benzene rings is 2. The molecular formula is C17H15FN2. The molecule has 20 heavy (non-hydrogen) atoms. The van der Waals surface area contributed by atoms with Crippen molar-refractivity contribution in [2.24, 2.45) is 0 Å². The van der Waals surface area contributed by atoms with E-state index in [2.05, 4.69) is 10.3 Å². The molecule has 1 atom stereocenters. The van der Waals surface area contributed by atoms with E-state index in [0.717, 1.165) is 16.5 Å². The van der Waals surface area contributed by atoms with Gasteiger partial charge in [-0.2, -0.15) is 0 Å². The molecule has 0 saturated heterocycles. The molecule has 0 aliphatic carbocycles. The summed E-state index contributed by atoms with van der Waals surface area (Å²) >= 11 is 0. The Kier molecular flexibility index (Phi) is 3.44. The molecule has 0 bridgehead atoms. The largest absolute Gasteiger partial charge is 0.309 e. The van der Waals surface area contributed by atoms with Crippen LogP contribution in [0.15, 0.2) is 60.8 Å². The maximum atomic E-state index is 14.1. The summed E-state index contributed by atoms with van der Waals surface area (Å²) in [7, 11) is 1.84. The van der Waals surface area contributed by atoms with Gasteiger partial charge in [0, 0.05) is 17.1 Å². The number of fused-ring (bicyclic) bond motifs is 1. The summed E-state index contributed by atoms with van der Waals surface area (Å²) < 4.78 is 14.1. The lowest BCUT2D eigenvalue weighted by atomic mass is 9.95. The number of nitrogens with one attached hydrogen (secondary N) is 1. The molecule has 1 aromatic heterocycles. The highest BCUT2D eigenvalue weighted by atomic mass is 19.1. The van der Waals surface area contributed by atoms with Gasteiger partial charge in [0.15, 0.2) is 0 Å². The highest BCUT2D eigenvalue weighted by Crippen LogP contribution is 2.28. The minimum Gasteiger partial charge on any atom is -0.309 e. The molecule has 3 rings (SSSR count). The minimum absolute atomic E-state index is 0.191. The van der Waals surface area contributed by atoms with Gasteiger partial charge < -0.3 is 5.32 Å². The standard InChI is InChI=1S/C17H15FN2/c1-19-17(14-7-2-4-8-15(14)18)13-10-11-20-16-9-5-3-6-12(13)16/h2-11,17,19H,1H3. The number of hydrogen-bond acceptors (Lipinski definition) is 2. The van der Waals surface area contributed by atoms with E-state index < -0.39 is 0 Å². The molecule has 3 heteroatoms. The summed E-state index contributed by atoms with van der Waals surface area (Å²) in [5.41, 5.74) is 2.59. The minimum atomic E-state index is -0.201. The highest BCUT2D eigenvalue weighted by Gasteiger charge is 2.17. The second-order valence-corrected chi connectivity index (χ2v) is 4.66. The lowest BCUT2D eigenvalue weighted by Crippen LogP contribution is -2.19. The molecule has 0 aliphatic heterocycles. The molecule has 100 valence electrons. The van der Waals surface area contributed by atoms with Crippen molar-refractivity contribution < 1.29 is 4.39 Å². The summed E-state index contributed by atoms with van der Waals surface area (Å²) in [5, 5.41) is 4.24. The van der Waals surface area contributed by atoms with Crippen molar-refractivity contribution >= 4 is 10.9 Å². The predicted octanol–water partition coefficient (Wildman–Crippen LogP) is 3.68. The van der Waals surface area contributed by atoms with E-state index in [4.69, 9.17) is 0 Å². The Morgan fingerprint density at radius 1 is 0.950 bits per heavy atom. The maximum absolute atomic E-state index is 14.1. The van der Waals surface area contributed by atoms with Crippen molar-refractivity contribution in [2.45, 2.75) is 6.04 Å². The number of aromatic nitrogens is 1. The van der Waals surface area contributed by atoms with Crippen LogP contribution in [0.4, 0.5) is 4.39 Å². The third-order valence-electron chi connectivity index (χ3n) is 3.50. The normalized spacial score (nSPS) is 12.5. The zero-order valence-corrected chi connectivity index (χ0v) is 11.2. The fraction of sp³-hybridized carbons (Fsp3) is 0.118. The van der Waals surface area contributed by atoms with Crippen molar-refractivity contribution in [1.82, 2.24) is 10.3 Å². The van der Waals surface area contributed by atoms with Crippen LogP contribution in [0.1, 0.15) is 17.2 Å². The van der Waals surface area contributed by atoms with E-state index in [0.29, 0.717) is 5.56 Å². The van der Waals surface area contributed by atoms with Gasteiger partial charge in [-0.1, -0.05) is 36.4 Å². The number of pyridine rings is 1. The van der Waals surface area contributed by atoms with Crippen LogP contribution < -0.4 is 5.32 Å². The molecule has 1 N–H and O–H groups in total. The van der Waals surface area contributed by atoms with Gasteiger partial charge in [0.25, 0.3) is 0 Å². The maximum Gasteiger partial charge on any atom is 0.128 e. The van der Waals surface area contributed by atoms with Gasteiger partial charge >= 0.3 is 0 Å². The molecule has 0 aliphatic rings. The SMILES string of the molecule is CNC(c1ccccc1F)c1ccnc2ccccc12. The number of para-hydroxylation sites is 1. The Bertz CT molecular complexity index is 734. The van der Waals surface area contributed by atoms with Crippen LogP contribution in [0, 0.1) is 5.82 Å². The third-order valence-corrected chi connectivity index (χ3v) is 3.50. The van der Waals surface area contributed by atoms with Gasteiger partial charge in [0.2, 0.25) is 0 Å². The first-order valence-corrected chi connectivity index (χ1v) is 6.56. The Labute approximate surface area is 117 Å². The molecule has 0 radical (unpaired) electrons. The van der Waals surface area contributed by atoms with Crippen molar-refractivity contribution in [2.75, 3.05) is 7.05 Å².